The highest BCUT2D eigenvalue weighted by Gasteiger charge is 2.45. The van der Waals surface area contributed by atoms with Crippen molar-refractivity contribution < 1.29 is 9.84 Å². The van der Waals surface area contributed by atoms with E-state index >= 15 is 0 Å². The smallest absolute Gasteiger partial charge is 0.0971 e. The third kappa shape index (κ3) is 3.60. The third-order valence-electron chi connectivity index (χ3n) is 5.67. The molecule has 2 aromatic rings. The largest absolute Gasteiger partial charge is 0.394 e. The molecule has 1 aliphatic heterocycles. The van der Waals surface area contributed by atoms with Crippen molar-refractivity contribution >= 4 is 9.24 Å². The Morgan fingerprint density at radius 2 is 1.61 bits per heavy atom. The first kappa shape index (κ1) is 19.5. The predicted molar refractivity (Wildman–Crippen MR) is 117 cm³/mol. The molecule has 28 heavy (non-hydrogen) atoms. The Balaban J connectivity index is 1.95. The van der Waals surface area contributed by atoms with Crippen molar-refractivity contribution in [2.45, 2.75) is 30.3 Å². The molecule has 146 valence electrons. The van der Waals surface area contributed by atoms with E-state index in [9.17, 15) is 5.11 Å². The number of ether oxygens (including phenoxy) is 1. The first-order valence-corrected chi connectivity index (χ1v) is 10.7. The molecule has 0 radical (unpaired) electrons. The van der Waals surface area contributed by atoms with Crippen LogP contribution in [0.4, 0.5) is 0 Å². The number of benzene rings is 2. The molecule has 2 aromatic carbocycles. The summed E-state index contributed by atoms with van der Waals surface area (Å²) < 4.78 is 5.95. The first-order chi connectivity index (χ1) is 13.7. The molecule has 1 saturated heterocycles. The maximum atomic E-state index is 9.85. The van der Waals surface area contributed by atoms with Gasteiger partial charge in [0.1, 0.15) is 0 Å². The van der Waals surface area contributed by atoms with E-state index in [2.05, 4.69) is 93.0 Å². The van der Waals surface area contributed by atoms with Crippen molar-refractivity contribution in [3.63, 3.8) is 0 Å². The molecule has 4 rings (SSSR count). The molecule has 3 nitrogen and oxygen atoms in total. The zero-order valence-corrected chi connectivity index (χ0v) is 17.2. The van der Waals surface area contributed by atoms with Gasteiger partial charge in [0.2, 0.25) is 0 Å². The zero-order valence-electron chi connectivity index (χ0n) is 16.1. The molecule has 0 spiro atoms. The standard InChI is InChI=1S/C24H28NO2P/c26-18-22-16-25(17-23(28)27-22)24(19-10-4-1-5-11-19,20-12-6-2-7-13-20)21-14-8-3-9-15-21/h1-2,4-8,10-15,22-23,26H,3,9,16-18,28H2. The fraction of sp³-hybridized carbons (Fsp3) is 0.333. The minimum absolute atomic E-state index is 0.0223. The summed E-state index contributed by atoms with van der Waals surface area (Å²) in [4.78, 5) is 2.49. The molecule has 0 bridgehead atoms. The lowest BCUT2D eigenvalue weighted by Gasteiger charge is -2.50. The van der Waals surface area contributed by atoms with Gasteiger partial charge in [0, 0.05) is 13.1 Å². The SMILES string of the molecule is OCC1CN(C(C2=CCCC=C2)(c2ccccc2)c2ccccc2)CC(P)O1. The number of aliphatic hydroxyl groups excluding tert-OH is 1. The van der Waals surface area contributed by atoms with Crippen LogP contribution in [0.15, 0.2) is 84.5 Å². The second-order valence-electron chi connectivity index (χ2n) is 7.47. The molecule has 0 amide bonds. The molecule has 1 heterocycles. The number of allylic oxidation sites excluding steroid dienone is 2. The zero-order chi connectivity index (χ0) is 19.4. The Bertz CT molecular complexity index is 795. The molecule has 1 fully saturated rings. The van der Waals surface area contributed by atoms with Crippen molar-refractivity contribution in [1.29, 1.82) is 0 Å². The summed E-state index contributed by atoms with van der Waals surface area (Å²) in [5.41, 5.74) is 3.38. The topological polar surface area (TPSA) is 32.7 Å². The lowest BCUT2D eigenvalue weighted by atomic mass is 9.73. The number of morpholine rings is 1. The van der Waals surface area contributed by atoms with Gasteiger partial charge in [0.25, 0.3) is 0 Å². The van der Waals surface area contributed by atoms with E-state index in [0.29, 0.717) is 6.54 Å². The van der Waals surface area contributed by atoms with Crippen molar-refractivity contribution in [2.24, 2.45) is 0 Å². The van der Waals surface area contributed by atoms with Crippen molar-refractivity contribution in [1.82, 2.24) is 4.90 Å². The summed E-state index contributed by atoms with van der Waals surface area (Å²) in [6.45, 7) is 1.47. The summed E-state index contributed by atoms with van der Waals surface area (Å²) in [7, 11) is 2.79. The van der Waals surface area contributed by atoms with E-state index in [1.807, 2.05) is 0 Å². The van der Waals surface area contributed by atoms with Gasteiger partial charge in [-0.2, -0.15) is 0 Å². The lowest BCUT2D eigenvalue weighted by molar-refractivity contribution is -0.0880. The van der Waals surface area contributed by atoms with Crippen molar-refractivity contribution in [2.75, 3.05) is 19.7 Å². The van der Waals surface area contributed by atoms with Crippen LogP contribution in [0.25, 0.3) is 0 Å². The van der Waals surface area contributed by atoms with E-state index in [1.54, 1.807) is 0 Å². The van der Waals surface area contributed by atoms with Crippen LogP contribution in [0.2, 0.25) is 0 Å². The maximum absolute atomic E-state index is 9.85. The Morgan fingerprint density at radius 1 is 0.964 bits per heavy atom. The van der Waals surface area contributed by atoms with Crippen LogP contribution in [-0.4, -0.2) is 41.7 Å². The molecular formula is C24H28NO2P. The van der Waals surface area contributed by atoms with Gasteiger partial charge >= 0.3 is 0 Å². The van der Waals surface area contributed by atoms with Gasteiger partial charge in [-0.05, 0) is 29.5 Å². The van der Waals surface area contributed by atoms with Crippen LogP contribution in [0, 0.1) is 0 Å². The fourth-order valence-corrected chi connectivity index (χ4v) is 5.01. The quantitative estimate of drug-likeness (QED) is 0.777. The minimum atomic E-state index is -0.411. The summed E-state index contributed by atoms with van der Waals surface area (Å²) >= 11 is 0. The summed E-state index contributed by atoms with van der Waals surface area (Å²) in [5.74, 6) is -0.0223. The maximum Gasteiger partial charge on any atom is 0.0971 e. The molecule has 1 N–H and O–H groups in total. The van der Waals surface area contributed by atoms with Crippen molar-refractivity contribution in [3.8, 4) is 0 Å². The highest BCUT2D eigenvalue weighted by atomic mass is 31.0. The summed E-state index contributed by atoms with van der Waals surface area (Å²) in [6.07, 6.45) is 8.86. The van der Waals surface area contributed by atoms with Crippen LogP contribution in [0.1, 0.15) is 24.0 Å². The Morgan fingerprint density at radius 3 is 2.14 bits per heavy atom. The number of rotatable bonds is 5. The molecule has 0 aromatic heterocycles. The Labute approximate surface area is 169 Å². The number of nitrogens with zero attached hydrogens (tertiary/aromatic N) is 1. The summed E-state index contributed by atoms with van der Waals surface area (Å²) in [5, 5.41) is 9.85. The average Bonchev–Trinajstić information content (AvgIpc) is 2.76. The van der Waals surface area contributed by atoms with E-state index in [0.717, 1.165) is 19.4 Å². The molecular weight excluding hydrogens is 365 g/mol. The molecule has 3 atom stereocenters. The monoisotopic (exact) mass is 393 g/mol. The van der Waals surface area contributed by atoms with Gasteiger partial charge in [-0.3, -0.25) is 4.90 Å². The van der Waals surface area contributed by atoms with E-state index in [1.165, 1.54) is 16.7 Å². The molecule has 1 aliphatic carbocycles. The van der Waals surface area contributed by atoms with Crippen LogP contribution in [0.3, 0.4) is 0 Å². The molecule has 4 heteroatoms. The fourth-order valence-electron chi connectivity index (χ4n) is 4.53. The molecule has 3 unspecified atom stereocenters. The number of hydrogen-bond donors (Lipinski definition) is 1. The molecule has 2 aliphatic rings. The van der Waals surface area contributed by atoms with E-state index < -0.39 is 5.54 Å². The average molecular weight is 393 g/mol. The van der Waals surface area contributed by atoms with Crippen LogP contribution in [-0.2, 0) is 10.3 Å². The minimum Gasteiger partial charge on any atom is -0.394 e. The number of aliphatic hydroxyl groups is 1. The van der Waals surface area contributed by atoms with Gasteiger partial charge < -0.3 is 9.84 Å². The van der Waals surface area contributed by atoms with E-state index in [-0.39, 0.29) is 18.6 Å². The first-order valence-electron chi connectivity index (χ1n) is 10.0. The summed E-state index contributed by atoms with van der Waals surface area (Å²) in [6, 6.07) is 21.5. The van der Waals surface area contributed by atoms with Crippen molar-refractivity contribution in [3.05, 3.63) is 95.6 Å². The Kier molecular flexibility index (Phi) is 6.08. The predicted octanol–water partition coefficient (Wildman–Crippen LogP) is 4.10. The second kappa shape index (κ2) is 8.71. The van der Waals surface area contributed by atoms with Gasteiger partial charge in [-0.1, -0.05) is 78.9 Å². The van der Waals surface area contributed by atoms with Gasteiger partial charge in [0.05, 0.1) is 24.1 Å². The van der Waals surface area contributed by atoms with Gasteiger partial charge in [-0.15, -0.1) is 9.24 Å². The normalized spacial score (nSPS) is 23.4. The third-order valence-corrected chi connectivity index (χ3v) is 6.03. The Hall–Kier alpha value is -1.77. The van der Waals surface area contributed by atoms with Gasteiger partial charge in [0.15, 0.2) is 0 Å². The molecule has 0 saturated carbocycles. The lowest BCUT2D eigenvalue weighted by Crippen LogP contribution is -2.57. The highest BCUT2D eigenvalue weighted by Crippen LogP contribution is 2.45. The highest BCUT2D eigenvalue weighted by molar-refractivity contribution is 7.17. The van der Waals surface area contributed by atoms with Crippen LogP contribution in [0.5, 0.6) is 0 Å². The van der Waals surface area contributed by atoms with Crippen LogP contribution < -0.4 is 0 Å². The van der Waals surface area contributed by atoms with Crippen LogP contribution >= 0.6 is 9.24 Å². The number of hydrogen-bond acceptors (Lipinski definition) is 3. The van der Waals surface area contributed by atoms with E-state index in [4.69, 9.17) is 4.74 Å². The van der Waals surface area contributed by atoms with Gasteiger partial charge in [-0.25, -0.2) is 0 Å². The second-order valence-corrected chi connectivity index (χ2v) is 8.21.